The van der Waals surface area contributed by atoms with Gasteiger partial charge < -0.3 is 14.7 Å². The van der Waals surface area contributed by atoms with Gasteiger partial charge in [0.2, 0.25) is 5.91 Å². The number of hydrogen-bond donors (Lipinski definition) is 1. The Bertz CT molecular complexity index is 1700. The first-order valence-corrected chi connectivity index (χ1v) is 17.3. The van der Waals surface area contributed by atoms with Crippen molar-refractivity contribution in [2.45, 2.75) is 92.5 Å². The molecule has 5 atom stereocenters. The van der Waals surface area contributed by atoms with Crippen LogP contribution in [0.2, 0.25) is 0 Å². The van der Waals surface area contributed by atoms with Crippen LogP contribution in [0.1, 0.15) is 69.9 Å². The number of carbonyl (C=O) groups is 2. The van der Waals surface area contributed by atoms with Crippen molar-refractivity contribution < 1.29 is 63.0 Å². The number of amides is 1. The number of halogens is 8. The summed E-state index contributed by atoms with van der Waals surface area (Å²) in [6.07, 6.45) is -11.0. The molecule has 2 aromatic rings. The maximum Gasteiger partial charge on any atom is 0.435 e. The van der Waals surface area contributed by atoms with Gasteiger partial charge in [-0.25, -0.2) is 17.2 Å². The second-order valence-corrected chi connectivity index (χ2v) is 15.5. The Hall–Kier alpha value is -3.43. The first-order chi connectivity index (χ1) is 22.7. The molecule has 2 heterocycles. The fourth-order valence-electron chi connectivity index (χ4n) is 8.08. The molecule has 2 aliphatic heterocycles. The van der Waals surface area contributed by atoms with E-state index in [0.717, 1.165) is 24.3 Å². The maximum absolute atomic E-state index is 15.1. The predicted octanol–water partition coefficient (Wildman–Crippen LogP) is 7.48. The van der Waals surface area contributed by atoms with Crippen LogP contribution in [-0.2, 0) is 29.8 Å². The Morgan fingerprint density at radius 2 is 1.63 bits per heavy atom. The van der Waals surface area contributed by atoms with E-state index in [-0.39, 0.29) is 49.9 Å². The van der Waals surface area contributed by atoms with Gasteiger partial charge in [-0.2, -0.15) is 26.3 Å². The molecule has 1 N–H and O–H groups in total. The molecule has 2 fully saturated rings. The number of fused-ring (bicyclic) bond motifs is 3. The minimum atomic E-state index is -6.44. The predicted molar refractivity (Wildman–Crippen MR) is 158 cm³/mol. The van der Waals surface area contributed by atoms with Gasteiger partial charge in [0.25, 0.3) is 0 Å². The molecular weight excluding hydrogens is 690 g/mol. The molecule has 0 radical (unpaired) electrons. The minimum Gasteiger partial charge on any atom is -0.491 e. The van der Waals surface area contributed by atoms with Gasteiger partial charge in [0.05, 0.1) is 16.9 Å². The van der Waals surface area contributed by atoms with E-state index < -0.39 is 96.4 Å². The van der Waals surface area contributed by atoms with Gasteiger partial charge >= 0.3 is 24.0 Å². The fourth-order valence-corrected chi connectivity index (χ4v) is 10.4. The second kappa shape index (κ2) is 12.4. The van der Waals surface area contributed by atoms with Crippen LogP contribution < -0.4 is 4.74 Å². The summed E-state index contributed by atoms with van der Waals surface area (Å²) in [4.78, 5) is 27.4. The van der Waals surface area contributed by atoms with Crippen molar-refractivity contribution >= 4 is 21.7 Å². The van der Waals surface area contributed by atoms with E-state index in [0.29, 0.717) is 25.3 Å². The summed E-state index contributed by atoms with van der Waals surface area (Å²) in [6, 6.07) is 3.37. The summed E-state index contributed by atoms with van der Waals surface area (Å²) in [6.45, 7) is 2.74. The average molecular weight is 726 g/mol. The van der Waals surface area contributed by atoms with Crippen molar-refractivity contribution in [1.82, 2.24) is 4.90 Å². The number of carboxylic acid groups (broad SMARTS) is 1. The van der Waals surface area contributed by atoms with E-state index in [1.165, 1.54) is 4.90 Å². The van der Waals surface area contributed by atoms with Gasteiger partial charge in [0.1, 0.15) is 22.9 Å². The van der Waals surface area contributed by atoms with Crippen LogP contribution in [0.25, 0.3) is 0 Å². The molecule has 2 aromatic carbocycles. The number of alkyl halides is 7. The van der Waals surface area contributed by atoms with Crippen LogP contribution in [-0.4, -0.2) is 61.8 Å². The molecule has 1 saturated heterocycles. The van der Waals surface area contributed by atoms with Gasteiger partial charge in [0, 0.05) is 23.1 Å². The highest BCUT2D eigenvalue weighted by molar-refractivity contribution is 7.92. The molecule has 3 aliphatic rings. The largest absolute Gasteiger partial charge is 0.491 e. The van der Waals surface area contributed by atoms with Crippen molar-refractivity contribution in [3.8, 4) is 5.75 Å². The monoisotopic (exact) mass is 725 g/mol. The Morgan fingerprint density at radius 1 is 1.00 bits per heavy atom. The lowest BCUT2D eigenvalue weighted by atomic mass is 9.63. The summed E-state index contributed by atoms with van der Waals surface area (Å²) in [5.41, 5.74) is -9.13. The van der Waals surface area contributed by atoms with E-state index in [9.17, 15) is 53.8 Å². The highest BCUT2D eigenvalue weighted by Gasteiger charge is 2.74. The van der Waals surface area contributed by atoms with Crippen LogP contribution in [0.5, 0.6) is 5.75 Å². The summed E-state index contributed by atoms with van der Waals surface area (Å²) in [7, 11) is -4.72. The van der Waals surface area contributed by atoms with E-state index in [1.807, 2.05) is 6.92 Å². The molecule has 16 heteroatoms. The third-order valence-electron chi connectivity index (χ3n) is 10.6. The number of unbranched alkanes of at least 4 members (excludes halogenated alkanes) is 1. The number of rotatable bonds is 8. The Morgan fingerprint density at radius 3 is 2.18 bits per heavy atom. The van der Waals surface area contributed by atoms with Crippen molar-refractivity contribution in [1.29, 1.82) is 0 Å². The number of benzene rings is 2. The van der Waals surface area contributed by atoms with Crippen molar-refractivity contribution in [3.63, 3.8) is 0 Å². The molecule has 0 spiro atoms. The van der Waals surface area contributed by atoms with Crippen molar-refractivity contribution in [3.05, 3.63) is 59.4 Å². The second-order valence-electron chi connectivity index (χ2n) is 13.3. The minimum absolute atomic E-state index is 0.189. The first kappa shape index (κ1) is 36.8. The molecule has 270 valence electrons. The molecule has 7 nitrogen and oxygen atoms in total. The number of carboxylic acids is 1. The maximum atomic E-state index is 15.1. The lowest BCUT2D eigenvalue weighted by Gasteiger charge is -2.47. The summed E-state index contributed by atoms with van der Waals surface area (Å²) in [5.74, 6) is -4.09. The summed E-state index contributed by atoms with van der Waals surface area (Å²) >= 11 is 0. The third-order valence-corrected chi connectivity index (χ3v) is 13.2. The number of hydrogen-bond acceptors (Lipinski definition) is 5. The highest BCUT2D eigenvalue weighted by atomic mass is 32.2. The molecule has 2 unspecified atom stereocenters. The van der Waals surface area contributed by atoms with Crippen LogP contribution in [0.3, 0.4) is 0 Å². The normalized spacial score (nSPS) is 27.6. The number of nitrogens with zero attached hydrogens (tertiary/aromatic N) is 1. The molecule has 0 aromatic heterocycles. The van der Waals surface area contributed by atoms with Gasteiger partial charge in [-0.05, 0) is 68.4 Å². The molecule has 0 bridgehead atoms. The smallest absolute Gasteiger partial charge is 0.435 e. The van der Waals surface area contributed by atoms with Crippen LogP contribution in [0, 0.1) is 23.1 Å². The van der Waals surface area contributed by atoms with E-state index in [4.69, 9.17) is 4.74 Å². The molecule has 49 heavy (non-hydrogen) atoms. The summed E-state index contributed by atoms with van der Waals surface area (Å²) < 4.78 is 144. The van der Waals surface area contributed by atoms with E-state index >= 15 is 4.39 Å². The molecule has 1 saturated carbocycles. The van der Waals surface area contributed by atoms with Crippen molar-refractivity contribution in [2.75, 3.05) is 13.2 Å². The van der Waals surface area contributed by atoms with Crippen LogP contribution in [0.15, 0.2) is 47.4 Å². The van der Waals surface area contributed by atoms with Crippen LogP contribution in [0.4, 0.5) is 35.1 Å². The zero-order chi connectivity index (χ0) is 36.4. The van der Waals surface area contributed by atoms with Gasteiger partial charge in [-0.3, -0.25) is 9.59 Å². The number of sulfone groups is 1. The SMILES string of the molecule is CCCC[C@]1(C(=O)N2CCC3(S(=O)(=O)c4ccc(F)cc4)c4ccc(C(F)(C(F)(F)F)C(F)(F)F)cc4OCC23)CC[C@@H](C(=O)O)[C@H](C)C1. The Balaban J connectivity index is 1.66. The highest BCUT2D eigenvalue weighted by Crippen LogP contribution is 2.58. The Kier molecular flexibility index (Phi) is 9.33. The molecule has 5 rings (SSSR count). The molecule has 1 amide bonds. The standard InChI is InChI=1S/C33H35F8NO6S/c1-3-4-12-29(13-11-23(27(43)44)19(2)17-29)28(45)42-15-14-30(49(46,47)22-8-6-21(34)7-9-22)24-10-5-20(16-25(24)48-18-26(30)42)31(35,32(36,37)38)33(39,40)41/h5-10,16,19,23,26H,3-4,11-15,17-18H2,1-2H3,(H,43,44)/t19-,23-,26?,29+,30?/m1/s1. The Labute approximate surface area is 277 Å². The summed E-state index contributed by atoms with van der Waals surface area (Å²) in [5, 5.41) is 9.71. The number of likely N-dealkylation sites (tertiary alicyclic amines) is 1. The zero-order valence-corrected chi connectivity index (χ0v) is 27.3. The fraction of sp³-hybridized carbons (Fsp3) is 0.576. The molecule has 1 aliphatic carbocycles. The third kappa shape index (κ3) is 5.65. The van der Waals surface area contributed by atoms with Crippen LogP contribution >= 0.6 is 0 Å². The number of aliphatic carboxylic acids is 1. The van der Waals surface area contributed by atoms with Gasteiger partial charge in [-0.1, -0.05) is 38.8 Å². The lowest BCUT2D eigenvalue weighted by molar-refractivity contribution is -0.348. The van der Waals surface area contributed by atoms with Crippen molar-refractivity contribution in [2.24, 2.45) is 17.3 Å². The zero-order valence-electron chi connectivity index (χ0n) is 26.5. The number of carbonyl (C=O) groups excluding carboxylic acids is 1. The van der Waals surface area contributed by atoms with Gasteiger partial charge in [-0.15, -0.1) is 0 Å². The van der Waals surface area contributed by atoms with Gasteiger partial charge in [0.15, 0.2) is 9.84 Å². The van der Waals surface area contributed by atoms with E-state index in [2.05, 4.69) is 0 Å². The molecular formula is C33H35F8NO6S. The van der Waals surface area contributed by atoms with E-state index in [1.54, 1.807) is 6.92 Å². The quantitative estimate of drug-likeness (QED) is 0.224. The average Bonchev–Trinajstić information content (AvgIpc) is 3.43. The lowest BCUT2D eigenvalue weighted by Crippen LogP contribution is -2.58. The first-order valence-electron chi connectivity index (χ1n) is 15.8. The number of ether oxygens (including phenoxy) is 1. The topological polar surface area (TPSA) is 101 Å².